The summed E-state index contributed by atoms with van der Waals surface area (Å²) in [5.41, 5.74) is 7.95. The van der Waals surface area contributed by atoms with Crippen LogP contribution in [0.3, 0.4) is 0 Å². The highest BCUT2D eigenvalue weighted by Crippen LogP contribution is 2.56. The molecule has 0 spiro atoms. The number of rotatable bonds is 10. The number of hydrogen-bond donors (Lipinski definition) is 1. The number of fused-ring (bicyclic) bond motifs is 8. The van der Waals surface area contributed by atoms with Crippen molar-refractivity contribution in [1.29, 1.82) is 0 Å². The van der Waals surface area contributed by atoms with E-state index in [9.17, 15) is 13.2 Å². The molecule has 4 heterocycles. The van der Waals surface area contributed by atoms with Gasteiger partial charge < -0.3 is 14.2 Å². The summed E-state index contributed by atoms with van der Waals surface area (Å²) in [4.78, 5) is 34.0. The van der Waals surface area contributed by atoms with Crippen molar-refractivity contribution in [2.45, 2.75) is 133 Å². The van der Waals surface area contributed by atoms with Crippen molar-refractivity contribution in [3.8, 4) is 5.75 Å². The molecule has 4 unspecified atom stereocenters. The molecule has 1 saturated carbocycles. The third kappa shape index (κ3) is 6.35. The van der Waals surface area contributed by atoms with Crippen LogP contribution in [0.15, 0.2) is 83.0 Å². The van der Waals surface area contributed by atoms with Crippen LogP contribution in [0.25, 0.3) is 10.9 Å². The maximum atomic E-state index is 15.3. The first kappa shape index (κ1) is 37.4. The van der Waals surface area contributed by atoms with E-state index in [2.05, 4.69) is 86.8 Å². The number of methoxy groups -OCH3 is 1. The Morgan fingerprint density at radius 3 is 2.43 bits per heavy atom. The number of nitrogens with one attached hydrogen (secondary N) is 1. The van der Waals surface area contributed by atoms with Crippen LogP contribution in [-0.4, -0.2) is 72.1 Å². The van der Waals surface area contributed by atoms with Gasteiger partial charge in [-0.05, 0) is 111 Å². The average molecular weight is 777 g/mol. The smallest absolute Gasteiger partial charge is 0.265 e. The SMILES string of the molecule is CCC(C)S(=O)(=O)NC(=O)C1=C2Cn3c(cc4c(OC)ccc(C5CCCCC5)c43)C3C(=C21)C=CC[C@H]3C(=O)N1C2CCC1CC(N(C)Cc1ccccc1)C2. The van der Waals surface area contributed by atoms with E-state index in [1.807, 2.05) is 6.92 Å². The standard InChI is InChI=1S/C46H56N4O5S/c1-5-28(2)56(53,54)47-45(51)43-38-27-49-39(25-37-40(55-4)22-21-34(44(37)49)30-15-10-7-11-16-30)41-35(42(38)43)17-12-18-36(41)46(52)50-31-19-20-32(50)24-33(23-31)48(3)26-29-13-8-6-9-14-29/h6,8-9,12-14,17,21-22,25,28,30-33,36,41H,5,7,10-11,15-16,18-20,23-24,26-27H2,1-4H3,(H,47,51)/t28?,31?,32?,33?,36-,41?/m1/s1. The predicted octanol–water partition coefficient (Wildman–Crippen LogP) is 7.88. The normalized spacial score (nSPS) is 26.5. The fourth-order valence-corrected chi connectivity index (χ4v) is 12.1. The van der Waals surface area contributed by atoms with E-state index < -0.39 is 21.2 Å². The van der Waals surface area contributed by atoms with E-state index in [4.69, 9.17) is 4.74 Å². The molecule has 296 valence electrons. The molecule has 9 rings (SSSR count). The minimum absolute atomic E-state index is 0.197. The molecule has 2 amide bonds. The summed E-state index contributed by atoms with van der Waals surface area (Å²) in [5.74, 6) is 0.244. The number of amides is 2. The zero-order chi connectivity index (χ0) is 38.9. The molecular formula is C46H56N4O5S. The van der Waals surface area contributed by atoms with Crippen molar-refractivity contribution in [1.82, 2.24) is 19.1 Å². The maximum absolute atomic E-state index is 15.3. The van der Waals surface area contributed by atoms with E-state index in [-0.39, 0.29) is 29.8 Å². The van der Waals surface area contributed by atoms with E-state index in [0.29, 0.717) is 36.9 Å². The lowest BCUT2D eigenvalue weighted by Gasteiger charge is -2.44. The van der Waals surface area contributed by atoms with Gasteiger partial charge >= 0.3 is 0 Å². The molecule has 1 N–H and O–H groups in total. The Balaban J connectivity index is 1.11. The number of allylic oxidation sites excluding steroid dienone is 4. The molecule has 2 aromatic carbocycles. The fraction of sp³-hybridized carbons (Fsp3) is 0.522. The fourth-order valence-electron chi connectivity index (χ4n) is 11.1. The minimum Gasteiger partial charge on any atom is -0.496 e. The number of benzene rings is 2. The van der Waals surface area contributed by atoms with Gasteiger partial charge in [-0.25, -0.2) is 13.1 Å². The van der Waals surface area contributed by atoms with Crippen LogP contribution in [0.1, 0.15) is 113 Å². The van der Waals surface area contributed by atoms with Crippen molar-refractivity contribution < 1.29 is 22.7 Å². The first-order valence-electron chi connectivity index (χ1n) is 21.1. The summed E-state index contributed by atoms with van der Waals surface area (Å²) >= 11 is 0. The van der Waals surface area contributed by atoms with Gasteiger partial charge in [-0.3, -0.25) is 14.5 Å². The summed E-state index contributed by atoms with van der Waals surface area (Å²) < 4.78 is 37.1. The Hall–Kier alpha value is -4.15. The predicted molar refractivity (Wildman–Crippen MR) is 220 cm³/mol. The number of ether oxygens (including phenoxy) is 1. The molecule has 9 nitrogen and oxygen atoms in total. The van der Waals surface area contributed by atoms with Crippen LogP contribution in [0.5, 0.6) is 5.75 Å². The van der Waals surface area contributed by atoms with E-state index in [1.165, 1.54) is 30.4 Å². The second kappa shape index (κ2) is 14.7. The molecule has 2 saturated heterocycles. The Morgan fingerprint density at radius 1 is 1.00 bits per heavy atom. The van der Waals surface area contributed by atoms with E-state index in [0.717, 1.165) is 84.1 Å². The van der Waals surface area contributed by atoms with Gasteiger partial charge in [0.1, 0.15) is 5.75 Å². The largest absolute Gasteiger partial charge is 0.496 e. The van der Waals surface area contributed by atoms with Crippen LogP contribution in [0.2, 0.25) is 0 Å². The first-order chi connectivity index (χ1) is 27.1. The third-order valence-corrected chi connectivity index (χ3v) is 16.1. The average Bonchev–Trinajstić information content (AvgIpc) is 3.76. The molecule has 2 bridgehead atoms. The monoisotopic (exact) mass is 776 g/mol. The molecule has 3 aliphatic carbocycles. The van der Waals surface area contributed by atoms with Gasteiger partial charge in [0, 0.05) is 48.2 Å². The van der Waals surface area contributed by atoms with Gasteiger partial charge in [-0.1, -0.05) is 74.7 Å². The summed E-state index contributed by atoms with van der Waals surface area (Å²) in [6.07, 6.45) is 15.1. The number of carbonyl (C=O) groups is 2. The van der Waals surface area contributed by atoms with Crippen LogP contribution in [0, 0.1) is 5.92 Å². The second-order valence-corrected chi connectivity index (χ2v) is 19.5. The number of nitrogens with zero attached hydrogens (tertiary/aromatic N) is 3. The first-order valence-corrected chi connectivity index (χ1v) is 22.6. The summed E-state index contributed by atoms with van der Waals surface area (Å²) in [5, 5.41) is 0.355. The number of carbonyl (C=O) groups excluding carboxylic acids is 2. The number of hydrogen-bond acceptors (Lipinski definition) is 6. The molecule has 3 fully saturated rings. The zero-order valence-corrected chi connectivity index (χ0v) is 34.1. The van der Waals surface area contributed by atoms with Crippen molar-refractivity contribution in [3.05, 3.63) is 99.8 Å². The lowest BCUT2D eigenvalue weighted by molar-refractivity contribution is -0.141. The van der Waals surface area contributed by atoms with Gasteiger partial charge in [0.15, 0.2) is 0 Å². The summed E-state index contributed by atoms with van der Waals surface area (Å²) in [6.45, 7) is 4.79. The third-order valence-electron chi connectivity index (χ3n) is 14.2. The molecule has 3 aromatic rings. The van der Waals surface area contributed by atoms with Crippen molar-refractivity contribution in [2.24, 2.45) is 5.92 Å². The maximum Gasteiger partial charge on any atom is 0.265 e. The lowest BCUT2D eigenvalue weighted by atomic mass is 9.75. The number of sulfonamides is 1. The molecule has 0 radical (unpaired) electrons. The van der Waals surface area contributed by atoms with Gasteiger partial charge in [0.25, 0.3) is 5.91 Å². The van der Waals surface area contributed by atoms with E-state index >= 15 is 4.79 Å². The molecule has 5 atom stereocenters. The van der Waals surface area contributed by atoms with Gasteiger partial charge in [0.05, 0.1) is 29.4 Å². The lowest BCUT2D eigenvalue weighted by Crippen LogP contribution is -2.54. The molecule has 3 aliphatic heterocycles. The molecule has 1 aromatic heterocycles. The second-order valence-electron chi connectivity index (χ2n) is 17.4. The zero-order valence-electron chi connectivity index (χ0n) is 33.3. The Labute approximate surface area is 331 Å². The van der Waals surface area contributed by atoms with Crippen molar-refractivity contribution in [2.75, 3.05) is 14.2 Å². The van der Waals surface area contributed by atoms with Gasteiger partial charge in [-0.15, -0.1) is 0 Å². The highest BCUT2D eigenvalue weighted by atomic mass is 32.2. The Bertz CT molecular complexity index is 2250. The molecule has 56 heavy (non-hydrogen) atoms. The quantitative estimate of drug-likeness (QED) is 0.225. The van der Waals surface area contributed by atoms with Gasteiger partial charge in [-0.2, -0.15) is 0 Å². The van der Waals surface area contributed by atoms with Crippen LogP contribution in [-0.2, 0) is 32.7 Å². The topological polar surface area (TPSA) is 101 Å². The minimum atomic E-state index is -3.85. The highest BCUT2D eigenvalue weighted by molar-refractivity contribution is 7.90. The van der Waals surface area contributed by atoms with Crippen molar-refractivity contribution in [3.63, 3.8) is 0 Å². The number of aromatic nitrogens is 1. The molecule has 6 aliphatic rings. The molecule has 10 heteroatoms. The number of piperidine rings is 1. The van der Waals surface area contributed by atoms with Gasteiger partial charge in [0.2, 0.25) is 15.9 Å². The van der Waals surface area contributed by atoms with E-state index in [1.54, 1.807) is 14.0 Å². The summed E-state index contributed by atoms with van der Waals surface area (Å²) in [7, 11) is 0.0980. The summed E-state index contributed by atoms with van der Waals surface area (Å²) in [6, 6.07) is 18.0. The Morgan fingerprint density at radius 2 is 1.73 bits per heavy atom. The highest BCUT2D eigenvalue weighted by Gasteiger charge is 2.51. The van der Waals surface area contributed by atoms with Crippen LogP contribution >= 0.6 is 0 Å². The van der Waals surface area contributed by atoms with Crippen LogP contribution < -0.4 is 9.46 Å². The van der Waals surface area contributed by atoms with Crippen LogP contribution in [0.4, 0.5) is 0 Å². The Kier molecular flexibility index (Phi) is 9.80. The van der Waals surface area contributed by atoms with Crippen molar-refractivity contribution >= 4 is 32.7 Å². The molecular weight excluding hydrogens is 721 g/mol.